The van der Waals surface area contributed by atoms with Gasteiger partial charge in [0.2, 0.25) is 5.95 Å². The van der Waals surface area contributed by atoms with Crippen LogP contribution in [-0.2, 0) is 9.53 Å². The van der Waals surface area contributed by atoms with Crippen LogP contribution >= 0.6 is 11.6 Å². The Labute approximate surface area is 161 Å². The van der Waals surface area contributed by atoms with E-state index in [-0.39, 0.29) is 18.6 Å². The number of anilines is 1. The third-order valence-corrected chi connectivity index (χ3v) is 4.82. The first-order valence-electron chi connectivity index (χ1n) is 8.58. The van der Waals surface area contributed by atoms with E-state index in [4.69, 9.17) is 16.3 Å². The number of rotatable bonds is 4. The molecular weight excluding hydrogens is 362 g/mol. The molecule has 2 heterocycles. The molecule has 27 heavy (non-hydrogen) atoms. The molecule has 0 fully saturated rings. The standard InChI is InChI=1S/C21H18ClN3O2/c1-3-12-27-20(26)18-13(2)23-21-24-16-6-4-5-7-17(16)25(21)19(18)14-8-10-15(22)11-9-14/h3-11,19H,1,12H2,2H3,(H,23,24). The van der Waals surface area contributed by atoms with Crippen LogP contribution in [0.5, 0.6) is 0 Å². The Morgan fingerprint density at radius 2 is 2.04 bits per heavy atom. The van der Waals surface area contributed by atoms with Crippen LogP contribution in [0.2, 0.25) is 5.02 Å². The molecule has 3 aromatic rings. The second-order valence-electron chi connectivity index (χ2n) is 6.30. The van der Waals surface area contributed by atoms with Gasteiger partial charge in [0.15, 0.2) is 0 Å². The first-order valence-corrected chi connectivity index (χ1v) is 8.96. The molecule has 1 unspecified atom stereocenters. The maximum Gasteiger partial charge on any atom is 0.338 e. The fraction of sp³-hybridized carbons (Fsp3) is 0.143. The topological polar surface area (TPSA) is 56.1 Å². The summed E-state index contributed by atoms with van der Waals surface area (Å²) < 4.78 is 7.39. The number of fused-ring (bicyclic) bond motifs is 3. The number of benzene rings is 2. The lowest BCUT2D eigenvalue weighted by Gasteiger charge is -2.30. The molecule has 0 saturated heterocycles. The molecule has 0 saturated carbocycles. The number of esters is 1. The van der Waals surface area contributed by atoms with E-state index in [1.54, 1.807) is 6.08 Å². The van der Waals surface area contributed by atoms with E-state index < -0.39 is 0 Å². The number of imidazole rings is 1. The molecule has 1 aliphatic heterocycles. The maximum atomic E-state index is 12.9. The highest BCUT2D eigenvalue weighted by atomic mass is 35.5. The summed E-state index contributed by atoms with van der Waals surface area (Å²) >= 11 is 6.07. The maximum absolute atomic E-state index is 12.9. The van der Waals surface area contributed by atoms with Gasteiger partial charge >= 0.3 is 5.97 Å². The fourth-order valence-electron chi connectivity index (χ4n) is 3.40. The predicted molar refractivity (Wildman–Crippen MR) is 107 cm³/mol. The summed E-state index contributed by atoms with van der Waals surface area (Å²) in [5, 5.41) is 3.89. The highest BCUT2D eigenvalue weighted by Crippen LogP contribution is 2.39. The minimum Gasteiger partial charge on any atom is -0.458 e. The van der Waals surface area contributed by atoms with E-state index in [0.717, 1.165) is 16.6 Å². The van der Waals surface area contributed by atoms with Crippen molar-refractivity contribution in [2.75, 3.05) is 11.9 Å². The molecule has 1 aromatic heterocycles. The van der Waals surface area contributed by atoms with Gasteiger partial charge in [0.25, 0.3) is 0 Å². The molecule has 0 spiro atoms. The van der Waals surface area contributed by atoms with E-state index in [0.29, 0.717) is 22.2 Å². The van der Waals surface area contributed by atoms with E-state index >= 15 is 0 Å². The molecule has 1 atom stereocenters. The third-order valence-electron chi connectivity index (χ3n) is 4.57. The zero-order valence-corrected chi connectivity index (χ0v) is 15.5. The van der Waals surface area contributed by atoms with Crippen molar-refractivity contribution in [1.29, 1.82) is 0 Å². The van der Waals surface area contributed by atoms with Gasteiger partial charge < -0.3 is 10.1 Å². The van der Waals surface area contributed by atoms with Crippen LogP contribution in [0.25, 0.3) is 11.0 Å². The number of halogens is 1. The first kappa shape index (κ1) is 17.4. The Kier molecular flexibility index (Phi) is 4.46. The van der Waals surface area contributed by atoms with Crippen molar-refractivity contribution < 1.29 is 9.53 Å². The van der Waals surface area contributed by atoms with Crippen LogP contribution in [0.3, 0.4) is 0 Å². The van der Waals surface area contributed by atoms with Gasteiger partial charge in [-0.1, -0.05) is 48.5 Å². The van der Waals surface area contributed by atoms with Gasteiger partial charge in [0, 0.05) is 10.7 Å². The van der Waals surface area contributed by atoms with Gasteiger partial charge in [-0.2, -0.15) is 0 Å². The first-order chi connectivity index (χ1) is 13.1. The quantitative estimate of drug-likeness (QED) is 0.527. The molecule has 6 heteroatoms. The number of ether oxygens (including phenoxy) is 1. The third kappa shape index (κ3) is 3.00. The van der Waals surface area contributed by atoms with Crippen LogP contribution in [0.15, 0.2) is 72.5 Å². The second-order valence-corrected chi connectivity index (χ2v) is 6.74. The van der Waals surface area contributed by atoms with Gasteiger partial charge in [-0.25, -0.2) is 9.78 Å². The highest BCUT2D eigenvalue weighted by Gasteiger charge is 2.34. The molecule has 0 bridgehead atoms. The van der Waals surface area contributed by atoms with Crippen molar-refractivity contribution >= 4 is 34.6 Å². The number of carbonyl (C=O) groups is 1. The van der Waals surface area contributed by atoms with Crippen LogP contribution < -0.4 is 5.32 Å². The molecule has 136 valence electrons. The monoisotopic (exact) mass is 379 g/mol. The average molecular weight is 380 g/mol. The summed E-state index contributed by atoms with van der Waals surface area (Å²) in [6, 6.07) is 14.9. The molecular formula is C21H18ClN3O2. The van der Waals surface area contributed by atoms with Crippen molar-refractivity contribution in [1.82, 2.24) is 9.55 Å². The molecule has 4 rings (SSSR count). The Bertz CT molecular complexity index is 1070. The van der Waals surface area contributed by atoms with E-state index in [2.05, 4.69) is 16.9 Å². The summed E-state index contributed by atoms with van der Waals surface area (Å²) in [7, 11) is 0. The van der Waals surface area contributed by atoms with Crippen molar-refractivity contribution in [2.45, 2.75) is 13.0 Å². The average Bonchev–Trinajstić information content (AvgIpc) is 3.03. The van der Waals surface area contributed by atoms with Crippen LogP contribution in [-0.4, -0.2) is 22.1 Å². The van der Waals surface area contributed by atoms with E-state index in [1.165, 1.54) is 0 Å². The van der Waals surface area contributed by atoms with Gasteiger partial charge in [-0.05, 0) is 36.8 Å². The summed E-state index contributed by atoms with van der Waals surface area (Å²) in [4.78, 5) is 17.5. The van der Waals surface area contributed by atoms with E-state index in [9.17, 15) is 4.79 Å². The molecule has 1 N–H and O–H groups in total. The SMILES string of the molecule is C=CCOC(=O)C1=C(C)Nc2nc3ccccc3n2C1c1ccc(Cl)cc1. The molecule has 0 aliphatic carbocycles. The summed E-state index contributed by atoms with van der Waals surface area (Å²) in [5.41, 5.74) is 3.96. The number of para-hydroxylation sites is 2. The smallest absolute Gasteiger partial charge is 0.338 e. The highest BCUT2D eigenvalue weighted by molar-refractivity contribution is 6.30. The van der Waals surface area contributed by atoms with Gasteiger partial charge in [0.1, 0.15) is 6.61 Å². The van der Waals surface area contributed by atoms with Crippen molar-refractivity contribution in [3.8, 4) is 0 Å². The Morgan fingerprint density at radius 1 is 1.30 bits per heavy atom. The minimum absolute atomic E-state index is 0.153. The molecule has 0 radical (unpaired) electrons. The van der Waals surface area contributed by atoms with Crippen molar-refractivity contribution in [3.05, 3.63) is 83.0 Å². The summed E-state index contributed by atoms with van der Waals surface area (Å²) in [5.74, 6) is 0.303. The van der Waals surface area contributed by atoms with Crippen LogP contribution in [0, 0.1) is 0 Å². The van der Waals surface area contributed by atoms with Crippen molar-refractivity contribution in [2.24, 2.45) is 0 Å². The zero-order valence-electron chi connectivity index (χ0n) is 14.8. The number of hydrogen-bond donors (Lipinski definition) is 1. The molecule has 5 nitrogen and oxygen atoms in total. The number of aromatic nitrogens is 2. The van der Waals surface area contributed by atoms with Crippen LogP contribution in [0.4, 0.5) is 5.95 Å². The lowest BCUT2D eigenvalue weighted by atomic mass is 9.95. The van der Waals surface area contributed by atoms with Gasteiger partial charge in [0.05, 0.1) is 22.6 Å². The lowest BCUT2D eigenvalue weighted by Crippen LogP contribution is -2.29. The molecule has 2 aromatic carbocycles. The Balaban J connectivity index is 1.93. The number of allylic oxidation sites excluding steroid dienone is 1. The van der Waals surface area contributed by atoms with Crippen molar-refractivity contribution in [3.63, 3.8) is 0 Å². The summed E-state index contributed by atoms with van der Waals surface area (Å²) in [6.07, 6.45) is 1.55. The zero-order chi connectivity index (χ0) is 19.0. The van der Waals surface area contributed by atoms with Gasteiger partial charge in [-0.15, -0.1) is 0 Å². The second kappa shape index (κ2) is 6.93. The minimum atomic E-state index is -0.386. The van der Waals surface area contributed by atoms with E-state index in [1.807, 2.05) is 60.0 Å². The van der Waals surface area contributed by atoms with Gasteiger partial charge in [-0.3, -0.25) is 4.57 Å². The largest absolute Gasteiger partial charge is 0.458 e. The number of nitrogens with zero attached hydrogens (tertiary/aromatic N) is 2. The normalized spacial score (nSPS) is 16.0. The number of carbonyl (C=O) groups excluding carboxylic acids is 1. The molecule has 0 amide bonds. The molecule has 1 aliphatic rings. The fourth-order valence-corrected chi connectivity index (χ4v) is 3.53. The predicted octanol–water partition coefficient (Wildman–Crippen LogP) is 4.71. The summed E-state index contributed by atoms with van der Waals surface area (Å²) in [6.45, 7) is 5.62. The number of nitrogens with one attached hydrogen (secondary N) is 1. The Hall–Kier alpha value is -3.05. The lowest BCUT2D eigenvalue weighted by molar-refractivity contribution is -0.138. The number of hydrogen-bond acceptors (Lipinski definition) is 4. The van der Waals surface area contributed by atoms with Crippen LogP contribution in [0.1, 0.15) is 18.5 Å². The Morgan fingerprint density at radius 3 is 2.78 bits per heavy atom.